The molecule has 4 aromatic rings. The number of sulfonamides is 1. The van der Waals surface area contributed by atoms with Crippen molar-refractivity contribution in [1.82, 2.24) is 24.9 Å². The third-order valence-electron chi connectivity index (χ3n) is 13.0. The van der Waals surface area contributed by atoms with E-state index >= 15 is 4.79 Å². The molecule has 0 unspecified atom stereocenters. The maximum atomic E-state index is 15.0. The van der Waals surface area contributed by atoms with Crippen molar-refractivity contribution in [2.75, 3.05) is 19.0 Å². The molecule has 15 nitrogen and oxygen atoms in total. The van der Waals surface area contributed by atoms with Gasteiger partial charge >= 0.3 is 0 Å². The molecule has 8 rings (SSSR count). The van der Waals surface area contributed by atoms with Crippen molar-refractivity contribution in [1.29, 1.82) is 0 Å². The normalized spacial score (nSPS) is 24.7. The van der Waals surface area contributed by atoms with Gasteiger partial charge in [0.25, 0.3) is 5.91 Å². The molecule has 3 fully saturated rings. The van der Waals surface area contributed by atoms with Crippen LogP contribution in [-0.4, -0.2) is 89.0 Å². The van der Waals surface area contributed by atoms with Crippen LogP contribution in [0.15, 0.2) is 60.0 Å². The number of hydrogen-bond donors (Lipinski definition) is 4. The van der Waals surface area contributed by atoms with E-state index in [0.29, 0.717) is 70.9 Å². The fraction of sp³-hybridized carbons (Fsp3) is 0.478. The molecular weight excluding hydrogens is 843 g/mol. The Morgan fingerprint density at radius 1 is 1.06 bits per heavy atom. The number of fused-ring (bicyclic) bond motifs is 3. The molecular formula is C46H55N7O8S2. The van der Waals surface area contributed by atoms with E-state index in [1.54, 1.807) is 38.3 Å². The van der Waals surface area contributed by atoms with Crippen LogP contribution in [0.3, 0.4) is 0 Å². The summed E-state index contributed by atoms with van der Waals surface area (Å²) in [5, 5.41) is 9.73. The Morgan fingerprint density at radius 2 is 1.86 bits per heavy atom. The van der Waals surface area contributed by atoms with Crippen LogP contribution in [0.5, 0.6) is 11.5 Å². The topological polar surface area (TPSA) is 212 Å². The third kappa shape index (κ3) is 8.86. The van der Waals surface area contributed by atoms with E-state index in [9.17, 15) is 22.8 Å². The maximum absolute atomic E-state index is 15.0. The largest absolute Gasteiger partial charge is 0.496 e. The van der Waals surface area contributed by atoms with Crippen molar-refractivity contribution in [2.24, 2.45) is 11.7 Å². The minimum atomic E-state index is -4.01. The highest BCUT2D eigenvalue weighted by Crippen LogP contribution is 2.48. The van der Waals surface area contributed by atoms with Crippen LogP contribution in [0.1, 0.15) is 106 Å². The summed E-state index contributed by atoms with van der Waals surface area (Å²) in [7, 11) is -2.41. The van der Waals surface area contributed by atoms with E-state index in [4.69, 9.17) is 25.2 Å². The van der Waals surface area contributed by atoms with Crippen molar-refractivity contribution in [3.05, 3.63) is 76.8 Å². The highest BCUT2D eigenvalue weighted by atomic mass is 32.2. The second-order valence-corrected chi connectivity index (χ2v) is 20.9. The van der Waals surface area contributed by atoms with Gasteiger partial charge in [-0.05, 0) is 88.6 Å². The number of amides is 4. The standard InChI is InChI=1S/C46H55N7O8S2/c1-26(2)35-25-62-42(50-35)34-22-38(32-16-17-37(60-5)27(3)39(32)49-34)61-31-21-36-41(55)51-46(44(57)52-63(58,59)45(4)18-19-45)23-29(46)13-9-7-6-8-10-15-33(43(56)53(36)24-31)48-30-14-11-12-28(20-30)40(47)54/h9,11-14,16-17,20,22,25-26,29,31,33,36,48H,6-8,10,15,18-19,21,23-24H2,1-5H3,(H2,47,54)(H,51,55)(H,52,57)/t29-,31-,33+,36+,46-/m1/s1. The van der Waals surface area contributed by atoms with Gasteiger partial charge < -0.3 is 30.7 Å². The first-order chi connectivity index (χ1) is 30.0. The zero-order valence-corrected chi connectivity index (χ0v) is 37.9. The number of rotatable bonds is 11. The zero-order chi connectivity index (χ0) is 44.8. The lowest BCUT2D eigenvalue weighted by Crippen LogP contribution is -2.58. The van der Waals surface area contributed by atoms with Crippen LogP contribution in [0, 0.1) is 12.8 Å². The van der Waals surface area contributed by atoms with Gasteiger partial charge in [-0.1, -0.05) is 44.9 Å². The molecule has 334 valence electrons. The number of thiazole rings is 1. The number of hydrogen-bond acceptors (Lipinski definition) is 12. The molecule has 2 aromatic carbocycles. The maximum Gasteiger partial charge on any atom is 0.259 e. The predicted octanol–water partition coefficient (Wildman–Crippen LogP) is 6.12. The number of carbonyl (C=O) groups is 4. The van der Waals surface area contributed by atoms with Gasteiger partial charge in [0, 0.05) is 46.0 Å². The van der Waals surface area contributed by atoms with Crippen LogP contribution >= 0.6 is 11.3 Å². The smallest absolute Gasteiger partial charge is 0.259 e. The highest BCUT2D eigenvalue weighted by molar-refractivity contribution is 7.91. The molecule has 2 aliphatic carbocycles. The van der Waals surface area contributed by atoms with Crippen LogP contribution in [-0.2, 0) is 24.4 Å². The Hall–Kier alpha value is -5.55. The van der Waals surface area contributed by atoms with Gasteiger partial charge in [-0.15, -0.1) is 11.3 Å². The highest BCUT2D eigenvalue weighted by Gasteiger charge is 2.63. The van der Waals surface area contributed by atoms with Crippen molar-refractivity contribution in [3.8, 4) is 22.2 Å². The summed E-state index contributed by atoms with van der Waals surface area (Å²) in [6.07, 6.45) is 7.76. The Kier molecular flexibility index (Phi) is 12.0. The number of primary amides is 1. The number of aromatic nitrogens is 2. The van der Waals surface area contributed by atoms with Gasteiger partial charge in [0.15, 0.2) is 0 Å². The first-order valence-corrected chi connectivity index (χ1v) is 24.0. The average Bonchev–Trinajstić information content (AvgIpc) is 4.02. The summed E-state index contributed by atoms with van der Waals surface area (Å²) in [6, 6.07) is 10.3. The fourth-order valence-corrected chi connectivity index (χ4v) is 10.8. The Bertz CT molecular complexity index is 2610. The molecule has 5 atom stereocenters. The van der Waals surface area contributed by atoms with E-state index in [1.165, 1.54) is 16.2 Å². The van der Waals surface area contributed by atoms with Crippen LogP contribution in [0.2, 0.25) is 0 Å². The van der Waals surface area contributed by atoms with Gasteiger partial charge in [-0.2, -0.15) is 0 Å². The molecule has 4 heterocycles. The fourth-order valence-electron chi connectivity index (χ4n) is 8.57. The number of ether oxygens (including phenoxy) is 2. The van der Waals surface area contributed by atoms with Gasteiger partial charge in [0.05, 0.1) is 29.6 Å². The van der Waals surface area contributed by atoms with Crippen molar-refractivity contribution in [2.45, 2.75) is 120 Å². The van der Waals surface area contributed by atoms with Crippen molar-refractivity contribution in [3.63, 3.8) is 0 Å². The molecule has 2 aromatic heterocycles. The van der Waals surface area contributed by atoms with Crippen LogP contribution < -0.4 is 30.6 Å². The van der Waals surface area contributed by atoms with Gasteiger partial charge in [-0.3, -0.25) is 23.9 Å². The zero-order valence-electron chi connectivity index (χ0n) is 36.2. The molecule has 63 heavy (non-hydrogen) atoms. The van der Waals surface area contributed by atoms with Crippen molar-refractivity contribution < 1.29 is 37.1 Å². The predicted molar refractivity (Wildman–Crippen MR) is 241 cm³/mol. The second kappa shape index (κ2) is 17.2. The minimum absolute atomic E-state index is 0.0225. The summed E-state index contributed by atoms with van der Waals surface area (Å²) >= 11 is 1.48. The molecule has 2 saturated carbocycles. The number of aryl methyl sites for hydroxylation is 1. The number of nitrogens with two attached hydrogens (primary N) is 1. The molecule has 5 N–H and O–H groups in total. The summed E-state index contributed by atoms with van der Waals surface area (Å²) < 4.78 is 40.4. The number of nitrogens with one attached hydrogen (secondary N) is 3. The lowest BCUT2D eigenvalue weighted by molar-refractivity contribution is -0.140. The molecule has 4 amide bonds. The SMILES string of the molecule is COc1ccc2c(O[C@@H]3C[C@H]4C(=O)N[C@]5(C(=O)NS(=O)(=O)C6(C)CC6)C[C@H]5C=CCCCCC[C@H](Nc5cccc(C(N)=O)c5)C(=O)N4C3)cc(-c3nc(C(C)C)cs3)nc2c1C. The monoisotopic (exact) mass is 897 g/mol. The van der Waals surface area contributed by atoms with Crippen LogP contribution in [0.25, 0.3) is 21.6 Å². The molecule has 17 heteroatoms. The van der Waals surface area contributed by atoms with Gasteiger partial charge in [0.1, 0.15) is 45.9 Å². The first-order valence-electron chi connectivity index (χ1n) is 21.7. The second-order valence-electron chi connectivity index (χ2n) is 17.9. The number of nitrogens with zero attached hydrogens (tertiary/aromatic N) is 3. The number of anilines is 1. The van der Waals surface area contributed by atoms with E-state index < -0.39 is 62.1 Å². The van der Waals surface area contributed by atoms with Crippen molar-refractivity contribution >= 4 is 61.6 Å². The Balaban J connectivity index is 1.16. The molecule has 4 aliphatic rings. The summed E-state index contributed by atoms with van der Waals surface area (Å²) in [5.74, 6) is -1.44. The lowest BCUT2D eigenvalue weighted by Gasteiger charge is -2.30. The molecule has 2 aliphatic heterocycles. The molecule has 0 radical (unpaired) electrons. The lowest BCUT2D eigenvalue weighted by atomic mass is 10.0. The Labute approximate surface area is 371 Å². The van der Waals surface area contributed by atoms with E-state index in [2.05, 4.69) is 29.2 Å². The van der Waals surface area contributed by atoms with E-state index in [0.717, 1.165) is 24.1 Å². The van der Waals surface area contributed by atoms with Gasteiger partial charge in [-0.25, -0.2) is 18.4 Å². The number of pyridine rings is 1. The van der Waals surface area contributed by atoms with E-state index in [-0.39, 0.29) is 36.8 Å². The third-order valence-corrected chi connectivity index (χ3v) is 16.0. The number of allylic oxidation sites excluding steroid dienone is 1. The summed E-state index contributed by atoms with van der Waals surface area (Å²) in [4.78, 5) is 67.4. The summed E-state index contributed by atoms with van der Waals surface area (Å²) in [5.41, 5.74) is 7.87. The quantitative estimate of drug-likeness (QED) is 0.126. The van der Waals surface area contributed by atoms with Crippen LogP contribution in [0.4, 0.5) is 5.69 Å². The molecule has 0 spiro atoms. The minimum Gasteiger partial charge on any atom is -0.496 e. The molecule has 0 bridgehead atoms. The Morgan fingerprint density at radius 3 is 2.57 bits per heavy atom. The summed E-state index contributed by atoms with van der Waals surface area (Å²) in [6.45, 7) is 7.70. The number of carbonyl (C=O) groups excluding carboxylic acids is 4. The van der Waals surface area contributed by atoms with Gasteiger partial charge in [0.2, 0.25) is 27.7 Å². The molecule has 1 saturated heterocycles. The average molecular weight is 898 g/mol. The number of benzene rings is 2. The van der Waals surface area contributed by atoms with E-state index in [1.807, 2.05) is 42.7 Å². The number of methoxy groups -OCH3 is 1. The first kappa shape index (κ1) is 44.1.